The SMILES string of the molecule is O=C(c1ccc(N2CCN(C/C=C/c3ccccc3)CC2)cn1)N1CCOCC1. The fourth-order valence-corrected chi connectivity index (χ4v) is 3.72. The molecule has 0 spiro atoms. The summed E-state index contributed by atoms with van der Waals surface area (Å²) in [6, 6.07) is 14.3. The molecule has 2 aliphatic heterocycles. The molecule has 29 heavy (non-hydrogen) atoms. The molecule has 0 bridgehead atoms. The molecule has 2 fully saturated rings. The molecule has 0 N–H and O–H groups in total. The van der Waals surface area contributed by atoms with Gasteiger partial charge in [-0.15, -0.1) is 0 Å². The summed E-state index contributed by atoms with van der Waals surface area (Å²) in [6.45, 7) is 7.44. The van der Waals surface area contributed by atoms with Gasteiger partial charge in [-0.05, 0) is 17.7 Å². The summed E-state index contributed by atoms with van der Waals surface area (Å²) in [5.74, 6) is -0.00475. The Hall–Kier alpha value is -2.70. The smallest absolute Gasteiger partial charge is 0.272 e. The highest BCUT2D eigenvalue weighted by Crippen LogP contribution is 2.17. The molecule has 0 atom stereocenters. The molecule has 1 aromatic heterocycles. The first-order valence-electron chi connectivity index (χ1n) is 10.3. The van der Waals surface area contributed by atoms with Crippen molar-refractivity contribution in [1.29, 1.82) is 0 Å². The molecule has 0 aliphatic carbocycles. The van der Waals surface area contributed by atoms with Crippen molar-refractivity contribution in [2.75, 3.05) is 63.9 Å². The maximum atomic E-state index is 12.5. The molecule has 1 aromatic carbocycles. The Morgan fingerprint density at radius 3 is 2.41 bits per heavy atom. The number of rotatable bonds is 5. The number of piperazine rings is 1. The second-order valence-corrected chi connectivity index (χ2v) is 7.41. The third-order valence-corrected chi connectivity index (χ3v) is 5.48. The largest absolute Gasteiger partial charge is 0.378 e. The van der Waals surface area contributed by atoms with Crippen LogP contribution in [0, 0.1) is 0 Å². The zero-order chi connectivity index (χ0) is 19.9. The van der Waals surface area contributed by atoms with Crippen molar-refractivity contribution in [3.05, 3.63) is 66.0 Å². The van der Waals surface area contributed by atoms with Gasteiger partial charge in [-0.1, -0.05) is 42.5 Å². The molecule has 0 saturated carbocycles. The first-order chi connectivity index (χ1) is 14.3. The molecule has 2 aliphatic rings. The molecule has 1 amide bonds. The van der Waals surface area contributed by atoms with Gasteiger partial charge in [0.15, 0.2) is 0 Å². The van der Waals surface area contributed by atoms with Crippen molar-refractivity contribution in [1.82, 2.24) is 14.8 Å². The summed E-state index contributed by atoms with van der Waals surface area (Å²) < 4.78 is 5.31. The quantitative estimate of drug-likeness (QED) is 0.782. The highest BCUT2D eigenvalue weighted by atomic mass is 16.5. The van der Waals surface area contributed by atoms with Gasteiger partial charge in [-0.3, -0.25) is 9.69 Å². The minimum atomic E-state index is -0.00475. The Morgan fingerprint density at radius 1 is 0.966 bits per heavy atom. The van der Waals surface area contributed by atoms with Crippen LogP contribution >= 0.6 is 0 Å². The predicted molar refractivity (Wildman–Crippen MR) is 115 cm³/mol. The Morgan fingerprint density at radius 2 is 1.72 bits per heavy atom. The van der Waals surface area contributed by atoms with E-state index in [1.54, 1.807) is 0 Å². The van der Waals surface area contributed by atoms with Gasteiger partial charge in [0.1, 0.15) is 5.69 Å². The van der Waals surface area contributed by atoms with Crippen molar-refractivity contribution in [3.8, 4) is 0 Å². The normalized spacial score (nSPS) is 18.3. The maximum Gasteiger partial charge on any atom is 0.272 e. The van der Waals surface area contributed by atoms with E-state index in [4.69, 9.17) is 4.74 Å². The van der Waals surface area contributed by atoms with Crippen LogP contribution in [0.5, 0.6) is 0 Å². The lowest BCUT2D eigenvalue weighted by atomic mass is 10.2. The number of benzene rings is 1. The number of hydrogen-bond donors (Lipinski definition) is 0. The van der Waals surface area contributed by atoms with Gasteiger partial charge in [0.25, 0.3) is 5.91 Å². The summed E-state index contributed by atoms with van der Waals surface area (Å²) in [5, 5.41) is 0. The summed E-state index contributed by atoms with van der Waals surface area (Å²) in [7, 11) is 0. The Bertz CT molecular complexity index is 809. The highest BCUT2D eigenvalue weighted by molar-refractivity contribution is 5.92. The second-order valence-electron chi connectivity index (χ2n) is 7.41. The molecule has 3 heterocycles. The molecule has 2 aromatic rings. The number of pyridine rings is 1. The Balaban J connectivity index is 1.26. The van der Waals surface area contributed by atoms with E-state index in [2.05, 4.69) is 51.2 Å². The van der Waals surface area contributed by atoms with Crippen LogP contribution in [0.15, 0.2) is 54.7 Å². The molecule has 0 unspecified atom stereocenters. The number of anilines is 1. The van der Waals surface area contributed by atoms with Gasteiger partial charge >= 0.3 is 0 Å². The molecule has 2 saturated heterocycles. The van der Waals surface area contributed by atoms with Crippen LogP contribution in [0.1, 0.15) is 16.1 Å². The van der Waals surface area contributed by atoms with Gasteiger partial charge in [0.2, 0.25) is 0 Å². The lowest BCUT2D eigenvalue weighted by Crippen LogP contribution is -2.46. The number of nitrogens with zero attached hydrogens (tertiary/aromatic N) is 4. The van der Waals surface area contributed by atoms with Crippen molar-refractivity contribution in [2.24, 2.45) is 0 Å². The van der Waals surface area contributed by atoms with Crippen molar-refractivity contribution in [2.45, 2.75) is 0 Å². The maximum absolute atomic E-state index is 12.5. The van der Waals surface area contributed by atoms with Crippen molar-refractivity contribution < 1.29 is 9.53 Å². The molecule has 152 valence electrons. The van der Waals surface area contributed by atoms with E-state index < -0.39 is 0 Å². The van der Waals surface area contributed by atoms with Crippen LogP contribution < -0.4 is 4.90 Å². The van der Waals surface area contributed by atoms with E-state index in [1.807, 2.05) is 29.3 Å². The van der Waals surface area contributed by atoms with Gasteiger partial charge in [0, 0.05) is 45.8 Å². The van der Waals surface area contributed by atoms with E-state index in [9.17, 15) is 4.79 Å². The topological polar surface area (TPSA) is 48.9 Å². The molecule has 6 heteroatoms. The first kappa shape index (κ1) is 19.6. The Labute approximate surface area is 172 Å². The van der Waals surface area contributed by atoms with E-state index in [-0.39, 0.29) is 5.91 Å². The summed E-state index contributed by atoms with van der Waals surface area (Å²) in [6.07, 6.45) is 6.25. The minimum Gasteiger partial charge on any atom is -0.378 e. The van der Waals surface area contributed by atoms with Gasteiger partial charge < -0.3 is 14.5 Å². The fraction of sp³-hybridized carbons (Fsp3) is 0.391. The monoisotopic (exact) mass is 392 g/mol. The standard InChI is InChI=1S/C23H28N4O2/c28-23(27-15-17-29-18-16-27)22-9-8-21(19-24-22)26-13-11-25(12-14-26)10-4-7-20-5-2-1-3-6-20/h1-9,19H,10-18H2/b7-4+. The molecule has 4 rings (SSSR count). The number of ether oxygens (including phenoxy) is 1. The van der Waals surface area contributed by atoms with Gasteiger partial charge in [-0.25, -0.2) is 4.98 Å². The number of hydrogen-bond acceptors (Lipinski definition) is 5. The predicted octanol–water partition coefficient (Wildman–Crippen LogP) is 2.39. The van der Waals surface area contributed by atoms with Crippen LogP contribution in [0.25, 0.3) is 6.08 Å². The van der Waals surface area contributed by atoms with E-state index >= 15 is 0 Å². The summed E-state index contributed by atoms with van der Waals surface area (Å²) in [4.78, 5) is 23.6. The zero-order valence-electron chi connectivity index (χ0n) is 16.7. The highest BCUT2D eigenvalue weighted by Gasteiger charge is 2.21. The fourth-order valence-electron chi connectivity index (χ4n) is 3.72. The molecule has 6 nitrogen and oxygen atoms in total. The third-order valence-electron chi connectivity index (χ3n) is 5.48. The second kappa shape index (κ2) is 9.67. The average Bonchev–Trinajstić information content (AvgIpc) is 2.80. The molecular weight excluding hydrogens is 364 g/mol. The Kier molecular flexibility index (Phi) is 6.54. The van der Waals surface area contributed by atoms with E-state index in [0.29, 0.717) is 32.0 Å². The van der Waals surface area contributed by atoms with E-state index in [1.165, 1.54) is 5.56 Å². The van der Waals surface area contributed by atoms with Crippen LogP contribution in [0.2, 0.25) is 0 Å². The number of carbonyl (C=O) groups excluding carboxylic acids is 1. The third kappa shape index (κ3) is 5.22. The van der Waals surface area contributed by atoms with E-state index in [0.717, 1.165) is 38.4 Å². The number of amides is 1. The number of carbonyl (C=O) groups is 1. The summed E-state index contributed by atoms with van der Waals surface area (Å²) >= 11 is 0. The van der Waals surface area contributed by atoms with Crippen molar-refractivity contribution in [3.63, 3.8) is 0 Å². The summed E-state index contributed by atoms with van der Waals surface area (Å²) in [5.41, 5.74) is 2.84. The first-order valence-corrected chi connectivity index (χ1v) is 10.3. The number of morpholine rings is 1. The van der Waals surface area contributed by atoms with Crippen LogP contribution in [0.4, 0.5) is 5.69 Å². The minimum absolute atomic E-state index is 0.00475. The lowest BCUT2D eigenvalue weighted by molar-refractivity contribution is 0.0299. The van der Waals surface area contributed by atoms with Crippen molar-refractivity contribution >= 4 is 17.7 Å². The zero-order valence-corrected chi connectivity index (χ0v) is 16.7. The average molecular weight is 393 g/mol. The lowest BCUT2D eigenvalue weighted by Gasteiger charge is -2.35. The van der Waals surface area contributed by atoms with Gasteiger partial charge in [0.05, 0.1) is 25.1 Å². The van der Waals surface area contributed by atoms with Crippen LogP contribution in [0.3, 0.4) is 0 Å². The van der Waals surface area contributed by atoms with Gasteiger partial charge in [-0.2, -0.15) is 0 Å². The molecule has 0 radical (unpaired) electrons. The molecular formula is C23H28N4O2. The number of aromatic nitrogens is 1. The van der Waals surface area contributed by atoms with Crippen LogP contribution in [-0.4, -0.2) is 79.7 Å². The van der Waals surface area contributed by atoms with Crippen LogP contribution in [-0.2, 0) is 4.74 Å².